The van der Waals surface area contributed by atoms with Crippen LogP contribution in [0.5, 0.6) is 0 Å². The van der Waals surface area contributed by atoms with Gasteiger partial charge >= 0.3 is 0 Å². The van der Waals surface area contributed by atoms with Gasteiger partial charge < -0.3 is 10.2 Å². The average molecular weight is 284 g/mol. The molecule has 1 fully saturated rings. The Bertz CT molecular complexity index is 501. The quantitative estimate of drug-likeness (QED) is 0.905. The molecular formula is C18H24N2O. The van der Waals surface area contributed by atoms with Crippen molar-refractivity contribution in [2.45, 2.75) is 25.7 Å². The van der Waals surface area contributed by atoms with E-state index in [0.717, 1.165) is 51.9 Å². The number of nitrogens with zero attached hydrogens (tertiary/aromatic N) is 1. The Morgan fingerprint density at radius 1 is 1.14 bits per heavy atom. The summed E-state index contributed by atoms with van der Waals surface area (Å²) in [5.41, 5.74) is 2.67. The van der Waals surface area contributed by atoms with Crippen LogP contribution in [0, 0.1) is 5.92 Å². The van der Waals surface area contributed by atoms with Crippen molar-refractivity contribution < 1.29 is 4.79 Å². The van der Waals surface area contributed by atoms with Gasteiger partial charge in [0.15, 0.2) is 0 Å². The van der Waals surface area contributed by atoms with Crippen molar-refractivity contribution in [2.24, 2.45) is 5.92 Å². The number of amides is 1. The first-order valence-corrected chi connectivity index (χ1v) is 8.08. The van der Waals surface area contributed by atoms with Crippen LogP contribution < -0.4 is 5.32 Å². The predicted molar refractivity (Wildman–Crippen MR) is 85.8 cm³/mol. The largest absolute Gasteiger partial charge is 0.338 e. The lowest BCUT2D eigenvalue weighted by Gasteiger charge is -2.30. The summed E-state index contributed by atoms with van der Waals surface area (Å²) in [6, 6.07) is 10.5. The molecular weight excluding hydrogens is 260 g/mol. The highest BCUT2D eigenvalue weighted by Gasteiger charge is 2.26. The Morgan fingerprint density at radius 3 is 2.76 bits per heavy atom. The fraction of sp³-hybridized carbons (Fsp3) is 0.500. The molecule has 1 saturated heterocycles. The third-order valence-corrected chi connectivity index (χ3v) is 4.59. The summed E-state index contributed by atoms with van der Waals surface area (Å²) in [5.74, 6) is 0.591. The van der Waals surface area contributed by atoms with Gasteiger partial charge in [-0.3, -0.25) is 4.79 Å². The average Bonchev–Trinajstić information content (AvgIpc) is 2.84. The van der Waals surface area contributed by atoms with Crippen molar-refractivity contribution in [1.82, 2.24) is 10.2 Å². The Morgan fingerprint density at radius 2 is 2.00 bits per heavy atom. The van der Waals surface area contributed by atoms with Gasteiger partial charge in [-0.25, -0.2) is 0 Å². The van der Waals surface area contributed by atoms with Crippen LogP contribution in [-0.4, -0.2) is 37.0 Å². The second kappa shape index (κ2) is 6.90. The van der Waals surface area contributed by atoms with Gasteiger partial charge in [0.1, 0.15) is 0 Å². The number of rotatable bonds is 2. The van der Waals surface area contributed by atoms with Gasteiger partial charge in [0.25, 0.3) is 0 Å². The van der Waals surface area contributed by atoms with Crippen molar-refractivity contribution in [3.05, 3.63) is 42.0 Å². The lowest BCUT2D eigenvalue weighted by molar-refractivity contribution is -0.135. The molecule has 0 spiro atoms. The number of hydrogen-bond acceptors (Lipinski definition) is 2. The molecule has 0 bridgehead atoms. The molecule has 1 unspecified atom stereocenters. The molecule has 1 atom stereocenters. The van der Waals surface area contributed by atoms with Gasteiger partial charge in [-0.1, -0.05) is 36.4 Å². The van der Waals surface area contributed by atoms with E-state index in [1.54, 1.807) is 0 Å². The van der Waals surface area contributed by atoms with Gasteiger partial charge in [0.05, 0.1) is 0 Å². The highest BCUT2D eigenvalue weighted by molar-refractivity contribution is 5.80. The van der Waals surface area contributed by atoms with Crippen molar-refractivity contribution >= 4 is 11.5 Å². The summed E-state index contributed by atoms with van der Waals surface area (Å²) in [6.45, 7) is 3.67. The first-order chi connectivity index (χ1) is 10.3. The number of benzene rings is 1. The number of hydrogen-bond donors (Lipinski definition) is 1. The molecule has 0 aromatic heterocycles. The van der Waals surface area contributed by atoms with Gasteiger partial charge in [-0.05, 0) is 49.9 Å². The molecule has 2 aliphatic heterocycles. The molecule has 1 aromatic carbocycles. The Balaban J connectivity index is 1.62. The van der Waals surface area contributed by atoms with Crippen LogP contribution in [0.1, 0.15) is 31.2 Å². The Kier molecular flexibility index (Phi) is 4.71. The maximum Gasteiger partial charge on any atom is 0.226 e. The summed E-state index contributed by atoms with van der Waals surface area (Å²) >= 11 is 0. The number of carbonyl (C=O) groups excluding carboxylic acids is 1. The predicted octanol–water partition coefficient (Wildman–Crippen LogP) is 2.69. The van der Waals surface area contributed by atoms with Crippen LogP contribution in [0.4, 0.5) is 0 Å². The highest BCUT2D eigenvalue weighted by Crippen LogP contribution is 2.24. The third-order valence-electron chi connectivity index (χ3n) is 4.59. The summed E-state index contributed by atoms with van der Waals surface area (Å²) in [4.78, 5) is 14.7. The molecule has 3 heteroatoms. The lowest BCUT2D eigenvalue weighted by atomic mass is 9.96. The van der Waals surface area contributed by atoms with Gasteiger partial charge in [-0.2, -0.15) is 0 Å². The summed E-state index contributed by atoms with van der Waals surface area (Å²) < 4.78 is 0. The summed E-state index contributed by atoms with van der Waals surface area (Å²) in [6.07, 6.45) is 6.35. The normalized spacial score (nSPS) is 23.3. The zero-order valence-corrected chi connectivity index (χ0v) is 12.6. The minimum absolute atomic E-state index is 0.228. The lowest BCUT2D eigenvalue weighted by Crippen LogP contribution is -2.39. The van der Waals surface area contributed by atoms with Crippen LogP contribution in [0.15, 0.2) is 36.4 Å². The monoisotopic (exact) mass is 284 g/mol. The fourth-order valence-corrected chi connectivity index (χ4v) is 3.31. The molecule has 112 valence electrons. The SMILES string of the molecule is O=C(C1CCCNCC1)N1CC=C(c2ccccc2)CC1. The number of nitrogens with one attached hydrogen (secondary N) is 1. The van der Waals surface area contributed by atoms with Crippen molar-refractivity contribution in [1.29, 1.82) is 0 Å². The van der Waals surface area contributed by atoms with E-state index in [1.807, 2.05) is 11.0 Å². The highest BCUT2D eigenvalue weighted by atomic mass is 16.2. The van der Waals surface area contributed by atoms with E-state index in [0.29, 0.717) is 5.91 Å². The molecule has 3 rings (SSSR count). The molecule has 1 N–H and O–H groups in total. The zero-order valence-electron chi connectivity index (χ0n) is 12.6. The van der Waals surface area contributed by atoms with E-state index < -0.39 is 0 Å². The van der Waals surface area contributed by atoms with E-state index in [9.17, 15) is 4.79 Å². The first-order valence-electron chi connectivity index (χ1n) is 8.08. The standard InChI is InChI=1S/C18H24N2O/c21-18(17-7-4-11-19-12-8-17)20-13-9-16(10-14-20)15-5-2-1-3-6-15/h1-3,5-6,9,17,19H,4,7-8,10-14H2. The van der Waals surface area contributed by atoms with Crippen molar-refractivity contribution in [2.75, 3.05) is 26.2 Å². The second-order valence-electron chi connectivity index (χ2n) is 6.01. The fourth-order valence-electron chi connectivity index (χ4n) is 3.31. The molecule has 0 radical (unpaired) electrons. The van der Waals surface area contributed by atoms with Crippen LogP contribution in [0.3, 0.4) is 0 Å². The Hall–Kier alpha value is -1.61. The smallest absolute Gasteiger partial charge is 0.226 e. The molecule has 2 aliphatic rings. The first kappa shape index (κ1) is 14.3. The molecule has 0 aliphatic carbocycles. The van der Waals surface area contributed by atoms with E-state index >= 15 is 0 Å². The van der Waals surface area contributed by atoms with Crippen molar-refractivity contribution in [3.63, 3.8) is 0 Å². The molecule has 1 aromatic rings. The molecule has 1 amide bonds. The summed E-state index contributed by atoms with van der Waals surface area (Å²) in [5, 5.41) is 3.38. The minimum Gasteiger partial charge on any atom is -0.338 e. The topological polar surface area (TPSA) is 32.3 Å². The zero-order chi connectivity index (χ0) is 14.5. The van der Waals surface area contributed by atoms with Crippen LogP contribution >= 0.6 is 0 Å². The van der Waals surface area contributed by atoms with Crippen LogP contribution in [0.2, 0.25) is 0 Å². The maximum absolute atomic E-state index is 12.6. The summed E-state index contributed by atoms with van der Waals surface area (Å²) in [7, 11) is 0. The second-order valence-corrected chi connectivity index (χ2v) is 6.01. The maximum atomic E-state index is 12.6. The Labute approximate surface area is 127 Å². The van der Waals surface area contributed by atoms with E-state index in [1.165, 1.54) is 11.1 Å². The molecule has 3 nitrogen and oxygen atoms in total. The number of carbonyl (C=O) groups is 1. The molecule has 21 heavy (non-hydrogen) atoms. The molecule has 2 heterocycles. The van der Waals surface area contributed by atoms with Crippen LogP contribution in [-0.2, 0) is 4.79 Å². The van der Waals surface area contributed by atoms with Crippen LogP contribution in [0.25, 0.3) is 5.57 Å². The van der Waals surface area contributed by atoms with Gasteiger partial charge in [-0.15, -0.1) is 0 Å². The third kappa shape index (κ3) is 3.53. The van der Waals surface area contributed by atoms with Gasteiger partial charge in [0, 0.05) is 19.0 Å². The van der Waals surface area contributed by atoms with Gasteiger partial charge in [0.2, 0.25) is 5.91 Å². The minimum atomic E-state index is 0.228. The van der Waals surface area contributed by atoms with E-state index in [-0.39, 0.29) is 5.92 Å². The van der Waals surface area contributed by atoms with Crippen molar-refractivity contribution in [3.8, 4) is 0 Å². The van der Waals surface area contributed by atoms with E-state index in [2.05, 4.69) is 35.7 Å². The molecule has 0 saturated carbocycles. The van der Waals surface area contributed by atoms with E-state index in [4.69, 9.17) is 0 Å².